The van der Waals surface area contributed by atoms with Crippen LogP contribution in [0.3, 0.4) is 0 Å². The number of nitrogens with zero attached hydrogens (tertiary/aromatic N) is 1. The second kappa shape index (κ2) is 3.51. The third-order valence-corrected chi connectivity index (χ3v) is 2.93. The van der Waals surface area contributed by atoms with Gasteiger partial charge in [0.05, 0.1) is 5.56 Å². The number of thiazole rings is 1. The van der Waals surface area contributed by atoms with E-state index in [1.165, 1.54) is 23.5 Å². The minimum atomic E-state index is -0.0386. The fourth-order valence-corrected chi connectivity index (χ4v) is 2.01. The molecule has 2 aromatic rings. The van der Waals surface area contributed by atoms with Gasteiger partial charge in [0.15, 0.2) is 0 Å². The lowest BCUT2D eigenvalue weighted by atomic mass is 10.2. The van der Waals surface area contributed by atoms with Gasteiger partial charge in [-0.2, -0.15) is 0 Å². The molecule has 5 heteroatoms. The first kappa shape index (κ1) is 9.36. The number of benzene rings is 1. The molecule has 0 atom stereocenters. The monoisotopic (exact) mass is 225 g/mol. The molecule has 0 radical (unpaired) electrons. The van der Waals surface area contributed by atoms with Crippen molar-refractivity contribution in [2.75, 3.05) is 0 Å². The number of phenols is 2. The van der Waals surface area contributed by atoms with Gasteiger partial charge in [-0.05, 0) is 12.1 Å². The van der Waals surface area contributed by atoms with Gasteiger partial charge in [0.25, 0.3) is 0 Å². The van der Waals surface area contributed by atoms with Gasteiger partial charge in [0.1, 0.15) is 16.5 Å². The maximum Gasteiger partial charge on any atom is 0.142 e. The van der Waals surface area contributed by atoms with Crippen LogP contribution in [0.2, 0.25) is 0 Å². The van der Waals surface area contributed by atoms with E-state index in [0.717, 1.165) is 0 Å². The largest absolute Gasteiger partial charge is 0.507 e. The molecule has 2 rings (SSSR count). The molecule has 0 unspecified atom stereocenters. The van der Waals surface area contributed by atoms with Crippen LogP contribution in [0, 0.1) is 0 Å². The SMILES string of the molecule is Oc1ccc(S)c(O)c1-c1nccs1. The van der Waals surface area contributed by atoms with E-state index in [1.807, 2.05) is 0 Å². The second-order valence-electron chi connectivity index (χ2n) is 2.66. The molecule has 1 aromatic heterocycles. The predicted octanol–water partition coefficient (Wildman–Crippen LogP) is 2.51. The highest BCUT2D eigenvalue weighted by Gasteiger charge is 2.14. The van der Waals surface area contributed by atoms with Crippen LogP contribution in [-0.4, -0.2) is 15.2 Å². The van der Waals surface area contributed by atoms with Crippen molar-refractivity contribution in [1.29, 1.82) is 0 Å². The summed E-state index contributed by atoms with van der Waals surface area (Å²) < 4.78 is 0. The third-order valence-electron chi connectivity index (χ3n) is 1.78. The molecule has 0 saturated carbocycles. The zero-order valence-corrected chi connectivity index (χ0v) is 8.72. The van der Waals surface area contributed by atoms with E-state index in [4.69, 9.17) is 0 Å². The fourth-order valence-electron chi connectivity index (χ4n) is 1.13. The van der Waals surface area contributed by atoms with E-state index in [9.17, 15) is 10.2 Å². The Morgan fingerprint density at radius 2 is 2.07 bits per heavy atom. The quantitative estimate of drug-likeness (QED) is 0.654. The summed E-state index contributed by atoms with van der Waals surface area (Å²) in [5.41, 5.74) is 0.340. The Labute approximate surface area is 90.1 Å². The van der Waals surface area contributed by atoms with Crippen LogP contribution in [0.1, 0.15) is 0 Å². The van der Waals surface area contributed by atoms with Crippen molar-refractivity contribution in [2.45, 2.75) is 4.90 Å². The minimum Gasteiger partial charge on any atom is -0.507 e. The first-order chi connectivity index (χ1) is 6.70. The summed E-state index contributed by atoms with van der Waals surface area (Å²) in [7, 11) is 0. The van der Waals surface area contributed by atoms with Crippen molar-refractivity contribution in [3.63, 3.8) is 0 Å². The van der Waals surface area contributed by atoms with Crippen molar-refractivity contribution in [1.82, 2.24) is 4.98 Å². The molecule has 2 N–H and O–H groups in total. The number of aromatic hydroxyl groups is 2. The number of hydrogen-bond acceptors (Lipinski definition) is 5. The van der Waals surface area contributed by atoms with Crippen LogP contribution >= 0.6 is 24.0 Å². The summed E-state index contributed by atoms with van der Waals surface area (Å²) in [5.74, 6) is -0.0291. The average Bonchev–Trinajstić information content (AvgIpc) is 2.65. The van der Waals surface area contributed by atoms with Crippen LogP contribution in [0.25, 0.3) is 10.6 Å². The molecular weight excluding hydrogens is 218 g/mol. The molecule has 0 amide bonds. The highest BCUT2D eigenvalue weighted by atomic mass is 32.1. The van der Waals surface area contributed by atoms with Crippen LogP contribution in [0.4, 0.5) is 0 Å². The number of thiol groups is 1. The Morgan fingerprint density at radius 3 is 2.71 bits per heavy atom. The van der Waals surface area contributed by atoms with Crippen LogP contribution in [0.15, 0.2) is 28.6 Å². The van der Waals surface area contributed by atoms with Crippen LogP contribution in [-0.2, 0) is 0 Å². The summed E-state index contributed by atoms with van der Waals surface area (Å²) in [5, 5.41) is 21.6. The van der Waals surface area contributed by atoms with E-state index in [2.05, 4.69) is 17.6 Å². The molecule has 3 nitrogen and oxygen atoms in total. The third kappa shape index (κ3) is 1.44. The summed E-state index contributed by atoms with van der Waals surface area (Å²) >= 11 is 5.41. The van der Waals surface area contributed by atoms with Gasteiger partial charge in [-0.15, -0.1) is 24.0 Å². The van der Waals surface area contributed by atoms with Crippen molar-refractivity contribution in [3.8, 4) is 22.1 Å². The summed E-state index contributed by atoms with van der Waals surface area (Å²) in [6.07, 6.45) is 1.62. The molecule has 0 bridgehead atoms. The van der Waals surface area contributed by atoms with E-state index in [0.29, 0.717) is 15.5 Å². The van der Waals surface area contributed by atoms with Gasteiger partial charge in [0, 0.05) is 16.5 Å². The Bertz CT molecular complexity index is 454. The molecular formula is C9H7NO2S2. The smallest absolute Gasteiger partial charge is 0.142 e. The fraction of sp³-hybridized carbons (Fsp3) is 0. The second-order valence-corrected chi connectivity index (χ2v) is 4.04. The van der Waals surface area contributed by atoms with Gasteiger partial charge >= 0.3 is 0 Å². The van der Waals surface area contributed by atoms with Gasteiger partial charge in [-0.3, -0.25) is 0 Å². The van der Waals surface area contributed by atoms with Crippen molar-refractivity contribution in [3.05, 3.63) is 23.7 Å². The normalized spacial score (nSPS) is 10.4. The molecule has 14 heavy (non-hydrogen) atoms. The molecule has 0 saturated heterocycles. The average molecular weight is 225 g/mol. The van der Waals surface area contributed by atoms with Gasteiger partial charge in [-0.25, -0.2) is 4.98 Å². The Balaban J connectivity index is 2.69. The number of rotatable bonds is 1. The van der Waals surface area contributed by atoms with Crippen molar-refractivity contribution < 1.29 is 10.2 Å². The van der Waals surface area contributed by atoms with E-state index < -0.39 is 0 Å². The van der Waals surface area contributed by atoms with Gasteiger partial charge in [-0.1, -0.05) is 0 Å². The summed E-state index contributed by atoms with van der Waals surface area (Å²) in [4.78, 5) is 4.44. The lowest BCUT2D eigenvalue weighted by Crippen LogP contribution is -1.80. The van der Waals surface area contributed by atoms with Crippen LogP contribution < -0.4 is 0 Å². The number of aromatic nitrogens is 1. The van der Waals surface area contributed by atoms with E-state index >= 15 is 0 Å². The van der Waals surface area contributed by atoms with Crippen molar-refractivity contribution >= 4 is 24.0 Å². The van der Waals surface area contributed by atoms with Gasteiger partial charge < -0.3 is 10.2 Å². The topological polar surface area (TPSA) is 53.4 Å². The van der Waals surface area contributed by atoms with Crippen LogP contribution in [0.5, 0.6) is 11.5 Å². The zero-order chi connectivity index (χ0) is 10.1. The highest BCUT2D eigenvalue weighted by molar-refractivity contribution is 7.80. The first-order valence-electron chi connectivity index (χ1n) is 3.84. The Hall–Kier alpha value is -1.20. The molecule has 0 fully saturated rings. The lowest BCUT2D eigenvalue weighted by Gasteiger charge is -2.05. The molecule has 72 valence electrons. The standard InChI is InChI=1S/C9H7NO2S2/c11-5-1-2-6(13)8(12)7(5)9-10-3-4-14-9/h1-4,11-13H. The molecule has 1 heterocycles. The van der Waals surface area contributed by atoms with Gasteiger partial charge in [0.2, 0.25) is 0 Å². The number of phenolic OH excluding ortho intramolecular Hbond substituents is 2. The minimum absolute atomic E-state index is 0.00949. The molecule has 0 aliphatic rings. The maximum absolute atomic E-state index is 9.68. The van der Waals surface area contributed by atoms with E-state index in [-0.39, 0.29) is 11.5 Å². The zero-order valence-electron chi connectivity index (χ0n) is 7.01. The van der Waals surface area contributed by atoms with E-state index in [1.54, 1.807) is 11.6 Å². The predicted molar refractivity (Wildman–Crippen MR) is 58.1 cm³/mol. The maximum atomic E-state index is 9.68. The lowest BCUT2D eigenvalue weighted by molar-refractivity contribution is 0.445. The summed E-state index contributed by atoms with van der Waals surface area (Å²) in [6, 6.07) is 3.02. The molecule has 1 aromatic carbocycles. The Morgan fingerprint density at radius 1 is 1.29 bits per heavy atom. The highest BCUT2D eigenvalue weighted by Crippen LogP contribution is 2.41. The Kier molecular flexibility index (Phi) is 2.35. The summed E-state index contributed by atoms with van der Waals surface area (Å²) in [6.45, 7) is 0. The number of hydrogen-bond donors (Lipinski definition) is 3. The molecule has 0 aliphatic heterocycles. The van der Waals surface area contributed by atoms with Crippen molar-refractivity contribution in [2.24, 2.45) is 0 Å². The first-order valence-corrected chi connectivity index (χ1v) is 5.16. The molecule has 0 spiro atoms. The molecule has 0 aliphatic carbocycles.